The number of hydrogen-bond acceptors (Lipinski definition) is 2. The van der Waals surface area contributed by atoms with Crippen LogP contribution in [0.2, 0.25) is 0 Å². The van der Waals surface area contributed by atoms with Crippen LogP contribution in [0.1, 0.15) is 31.9 Å². The lowest BCUT2D eigenvalue weighted by atomic mass is 10.1. The number of halogens is 1. The summed E-state index contributed by atoms with van der Waals surface area (Å²) in [6.07, 6.45) is 3.36. The Hall–Kier alpha value is -2.37. The summed E-state index contributed by atoms with van der Waals surface area (Å²) in [5.41, 5.74) is 2.19. The van der Waals surface area contributed by atoms with Crippen molar-refractivity contribution in [3.8, 4) is 0 Å². The van der Waals surface area contributed by atoms with E-state index < -0.39 is 0 Å². The number of nitrogens with one attached hydrogen (secondary N) is 2. The Labute approximate surface area is 129 Å². The molecule has 0 atom stereocenters. The SMILES string of the molecule is Cc1cc(NC(=O)Nc2cnn(C(C)(C)C)c2)c(C)cc1F. The van der Waals surface area contributed by atoms with E-state index in [0.717, 1.165) is 0 Å². The van der Waals surface area contributed by atoms with Crippen LogP contribution in [0.5, 0.6) is 0 Å². The van der Waals surface area contributed by atoms with Gasteiger partial charge in [-0.15, -0.1) is 0 Å². The summed E-state index contributed by atoms with van der Waals surface area (Å²) in [5, 5.41) is 9.65. The molecule has 1 heterocycles. The highest BCUT2D eigenvalue weighted by Crippen LogP contribution is 2.20. The van der Waals surface area contributed by atoms with Crippen molar-refractivity contribution in [3.05, 3.63) is 41.5 Å². The summed E-state index contributed by atoms with van der Waals surface area (Å²) in [5.74, 6) is -0.282. The molecule has 0 aliphatic rings. The highest BCUT2D eigenvalue weighted by atomic mass is 19.1. The first kappa shape index (κ1) is 16.0. The first-order chi connectivity index (χ1) is 10.2. The predicted molar refractivity (Wildman–Crippen MR) is 85.7 cm³/mol. The summed E-state index contributed by atoms with van der Waals surface area (Å²) >= 11 is 0. The topological polar surface area (TPSA) is 59.0 Å². The molecule has 0 radical (unpaired) electrons. The number of carbonyl (C=O) groups excluding carboxylic acids is 1. The van der Waals surface area contributed by atoms with Crippen LogP contribution in [0, 0.1) is 19.7 Å². The summed E-state index contributed by atoms with van der Waals surface area (Å²) in [6.45, 7) is 9.47. The van der Waals surface area contributed by atoms with Crippen LogP contribution in [-0.4, -0.2) is 15.8 Å². The van der Waals surface area contributed by atoms with E-state index in [1.807, 2.05) is 20.8 Å². The summed E-state index contributed by atoms with van der Waals surface area (Å²) < 4.78 is 15.2. The van der Waals surface area contributed by atoms with Gasteiger partial charge in [-0.05, 0) is 57.9 Å². The monoisotopic (exact) mass is 304 g/mol. The maximum Gasteiger partial charge on any atom is 0.323 e. The molecule has 0 fully saturated rings. The fraction of sp³-hybridized carbons (Fsp3) is 0.375. The summed E-state index contributed by atoms with van der Waals surface area (Å²) in [6, 6.07) is 2.63. The third kappa shape index (κ3) is 3.63. The molecule has 0 unspecified atom stereocenters. The van der Waals surface area contributed by atoms with Gasteiger partial charge in [0.05, 0.1) is 17.4 Å². The fourth-order valence-corrected chi connectivity index (χ4v) is 1.95. The molecule has 2 rings (SSSR count). The molecule has 2 amide bonds. The number of benzene rings is 1. The van der Waals surface area contributed by atoms with E-state index in [2.05, 4.69) is 15.7 Å². The minimum absolute atomic E-state index is 0.152. The third-order valence-electron chi connectivity index (χ3n) is 3.28. The van der Waals surface area contributed by atoms with Gasteiger partial charge in [0.15, 0.2) is 0 Å². The Bertz CT molecular complexity index is 701. The van der Waals surface area contributed by atoms with E-state index >= 15 is 0 Å². The molecule has 0 bridgehead atoms. The molecule has 0 saturated heterocycles. The molecule has 0 saturated carbocycles. The summed E-state index contributed by atoms with van der Waals surface area (Å²) in [7, 11) is 0. The van der Waals surface area contributed by atoms with Gasteiger partial charge in [0.2, 0.25) is 0 Å². The van der Waals surface area contributed by atoms with Gasteiger partial charge < -0.3 is 10.6 Å². The zero-order valence-corrected chi connectivity index (χ0v) is 13.5. The molecule has 2 aromatic rings. The van der Waals surface area contributed by atoms with Crippen LogP contribution in [0.4, 0.5) is 20.6 Å². The highest BCUT2D eigenvalue weighted by molar-refractivity contribution is 6.00. The average molecular weight is 304 g/mol. The summed E-state index contributed by atoms with van der Waals surface area (Å²) in [4.78, 5) is 12.0. The largest absolute Gasteiger partial charge is 0.323 e. The fourth-order valence-electron chi connectivity index (χ4n) is 1.95. The molecule has 22 heavy (non-hydrogen) atoms. The van der Waals surface area contributed by atoms with E-state index in [1.165, 1.54) is 6.07 Å². The van der Waals surface area contributed by atoms with Crippen molar-refractivity contribution < 1.29 is 9.18 Å². The molecule has 1 aromatic heterocycles. The standard InChI is InChI=1S/C16H21FN4O/c1-10-7-14(11(2)6-13(10)17)20-15(22)19-12-8-18-21(9-12)16(3,4)5/h6-9H,1-5H3,(H2,19,20,22). The Morgan fingerprint density at radius 2 is 1.86 bits per heavy atom. The Morgan fingerprint density at radius 3 is 2.45 bits per heavy atom. The molecule has 0 aliphatic heterocycles. The van der Waals surface area contributed by atoms with Crippen LogP contribution >= 0.6 is 0 Å². The van der Waals surface area contributed by atoms with Crippen LogP contribution in [0.3, 0.4) is 0 Å². The Morgan fingerprint density at radius 1 is 1.18 bits per heavy atom. The van der Waals surface area contributed by atoms with Gasteiger partial charge in [-0.1, -0.05) is 0 Å². The smallest absolute Gasteiger partial charge is 0.307 e. The van der Waals surface area contributed by atoms with Gasteiger partial charge in [0.25, 0.3) is 0 Å². The number of nitrogens with zero attached hydrogens (tertiary/aromatic N) is 2. The minimum atomic E-state index is -0.387. The Kier molecular flexibility index (Phi) is 4.21. The van der Waals surface area contributed by atoms with E-state index in [1.54, 1.807) is 37.0 Å². The number of amides is 2. The second-order valence-corrected chi connectivity index (χ2v) is 6.34. The zero-order valence-electron chi connectivity index (χ0n) is 13.5. The van der Waals surface area contributed by atoms with Gasteiger partial charge >= 0.3 is 6.03 Å². The first-order valence-corrected chi connectivity index (χ1v) is 7.07. The second kappa shape index (κ2) is 5.79. The van der Waals surface area contributed by atoms with Crippen molar-refractivity contribution in [1.29, 1.82) is 0 Å². The van der Waals surface area contributed by atoms with Gasteiger partial charge in [-0.2, -0.15) is 5.10 Å². The van der Waals surface area contributed by atoms with Crippen molar-refractivity contribution in [3.63, 3.8) is 0 Å². The lowest BCUT2D eigenvalue weighted by Gasteiger charge is -2.18. The lowest BCUT2D eigenvalue weighted by Crippen LogP contribution is -2.22. The maximum absolute atomic E-state index is 13.4. The molecular formula is C16H21FN4O. The number of anilines is 2. The van der Waals surface area contributed by atoms with Gasteiger partial charge in [-0.3, -0.25) is 4.68 Å². The molecule has 0 spiro atoms. The molecule has 118 valence electrons. The number of rotatable bonds is 2. The van der Waals surface area contributed by atoms with Crippen LogP contribution in [0.25, 0.3) is 0 Å². The van der Waals surface area contributed by atoms with E-state index in [4.69, 9.17) is 0 Å². The maximum atomic E-state index is 13.4. The van der Waals surface area contributed by atoms with Crippen molar-refractivity contribution in [2.45, 2.75) is 40.2 Å². The van der Waals surface area contributed by atoms with Crippen LogP contribution in [-0.2, 0) is 5.54 Å². The molecule has 6 heteroatoms. The molecule has 0 aliphatic carbocycles. The molecule has 1 aromatic carbocycles. The van der Waals surface area contributed by atoms with Crippen molar-refractivity contribution >= 4 is 17.4 Å². The van der Waals surface area contributed by atoms with Gasteiger partial charge in [0, 0.05) is 11.9 Å². The number of hydrogen-bond donors (Lipinski definition) is 2. The van der Waals surface area contributed by atoms with E-state index in [-0.39, 0.29) is 17.4 Å². The number of aromatic nitrogens is 2. The van der Waals surface area contributed by atoms with E-state index in [9.17, 15) is 9.18 Å². The minimum Gasteiger partial charge on any atom is -0.307 e. The first-order valence-electron chi connectivity index (χ1n) is 7.07. The predicted octanol–water partition coefficient (Wildman–Crippen LogP) is 4.04. The molecule has 2 N–H and O–H groups in total. The normalized spacial score (nSPS) is 11.4. The molecule has 5 nitrogen and oxygen atoms in total. The van der Waals surface area contributed by atoms with Crippen LogP contribution < -0.4 is 10.6 Å². The van der Waals surface area contributed by atoms with Crippen molar-refractivity contribution in [1.82, 2.24) is 9.78 Å². The van der Waals surface area contributed by atoms with E-state index in [0.29, 0.717) is 22.5 Å². The van der Waals surface area contributed by atoms with Gasteiger partial charge in [-0.25, -0.2) is 9.18 Å². The molecular weight excluding hydrogens is 283 g/mol. The number of urea groups is 1. The van der Waals surface area contributed by atoms with Crippen molar-refractivity contribution in [2.24, 2.45) is 0 Å². The van der Waals surface area contributed by atoms with Crippen LogP contribution in [0.15, 0.2) is 24.5 Å². The highest BCUT2D eigenvalue weighted by Gasteiger charge is 2.15. The second-order valence-electron chi connectivity index (χ2n) is 6.34. The van der Waals surface area contributed by atoms with Gasteiger partial charge in [0.1, 0.15) is 5.82 Å². The quantitative estimate of drug-likeness (QED) is 0.879. The lowest BCUT2D eigenvalue weighted by molar-refractivity contribution is 0.262. The van der Waals surface area contributed by atoms with Crippen molar-refractivity contribution in [2.75, 3.05) is 10.6 Å². The number of aryl methyl sites for hydroxylation is 2. The Balaban J connectivity index is 2.08. The zero-order chi connectivity index (χ0) is 16.5. The number of carbonyl (C=O) groups is 1. The third-order valence-corrected chi connectivity index (χ3v) is 3.28. The average Bonchev–Trinajstić information content (AvgIpc) is 2.84.